The van der Waals surface area contributed by atoms with Crippen molar-refractivity contribution in [2.45, 2.75) is 63.0 Å². The minimum atomic E-state index is -0.409. The van der Waals surface area contributed by atoms with Crippen molar-refractivity contribution in [1.29, 1.82) is 0 Å². The zero-order valence-electron chi connectivity index (χ0n) is 18.1. The molecule has 0 spiro atoms. The molecule has 4 rings (SSSR count). The molecule has 2 heterocycles. The summed E-state index contributed by atoms with van der Waals surface area (Å²) in [6.07, 6.45) is 7.57. The minimum Gasteiger partial charge on any atom is -0.489 e. The molecule has 1 aliphatic carbocycles. The first-order valence-corrected chi connectivity index (χ1v) is 11.2. The molecule has 5 nitrogen and oxygen atoms in total. The number of nitrogens with zero attached hydrogens (tertiary/aromatic N) is 2. The predicted octanol–water partition coefficient (Wildman–Crippen LogP) is 3.86. The second-order valence-electron chi connectivity index (χ2n) is 8.90. The Morgan fingerprint density at radius 1 is 1.07 bits per heavy atom. The molecule has 1 amide bonds. The van der Waals surface area contributed by atoms with E-state index in [9.17, 15) is 4.79 Å². The van der Waals surface area contributed by atoms with E-state index < -0.39 is 5.41 Å². The average molecular weight is 408 g/mol. The number of rotatable bonds is 5. The third kappa shape index (κ3) is 4.51. The summed E-state index contributed by atoms with van der Waals surface area (Å²) >= 11 is 0. The van der Waals surface area contributed by atoms with Gasteiger partial charge >= 0.3 is 0 Å². The third-order valence-corrected chi connectivity index (χ3v) is 6.86. The van der Waals surface area contributed by atoms with Crippen LogP contribution in [0.15, 0.2) is 48.7 Å². The maximum Gasteiger partial charge on any atom is 0.230 e. The van der Waals surface area contributed by atoms with E-state index in [1.807, 2.05) is 37.3 Å². The summed E-state index contributed by atoms with van der Waals surface area (Å²) < 4.78 is 6.18. The van der Waals surface area contributed by atoms with Crippen molar-refractivity contribution in [3.05, 3.63) is 59.9 Å². The highest BCUT2D eigenvalue weighted by Gasteiger charge is 2.43. The number of carbonyl (C=O) groups is 1. The Morgan fingerprint density at radius 3 is 2.43 bits per heavy atom. The van der Waals surface area contributed by atoms with Crippen LogP contribution in [0.3, 0.4) is 0 Å². The maximum atomic E-state index is 13.5. The Labute approximate surface area is 179 Å². The third-order valence-electron chi connectivity index (χ3n) is 6.86. The van der Waals surface area contributed by atoms with Crippen molar-refractivity contribution in [3.8, 4) is 5.75 Å². The highest BCUT2D eigenvalue weighted by atomic mass is 16.5. The van der Waals surface area contributed by atoms with E-state index in [1.54, 1.807) is 6.20 Å². The van der Waals surface area contributed by atoms with Crippen LogP contribution in [0.2, 0.25) is 0 Å². The highest BCUT2D eigenvalue weighted by Crippen LogP contribution is 2.36. The molecule has 0 unspecified atom stereocenters. The monoisotopic (exact) mass is 407 g/mol. The summed E-state index contributed by atoms with van der Waals surface area (Å²) in [7, 11) is 2.14. The maximum absolute atomic E-state index is 13.5. The number of hydrogen-bond acceptors (Lipinski definition) is 4. The van der Waals surface area contributed by atoms with Gasteiger partial charge in [-0.3, -0.25) is 9.78 Å². The summed E-state index contributed by atoms with van der Waals surface area (Å²) in [6, 6.07) is 14.5. The summed E-state index contributed by atoms with van der Waals surface area (Å²) in [5.74, 6) is 1.08. The second kappa shape index (κ2) is 9.17. The standard InChI is InChI=1S/C25H33N3O2/c1-19-23(9-6-16-26-19)30-22-12-10-21(11-13-22)27-24(29)25(14-17-28(2)18-15-25)20-7-4-3-5-8-20/h3-9,16,21-22H,10-15,17-18H2,1-2H3,(H,27,29). The van der Waals surface area contributed by atoms with Crippen molar-refractivity contribution in [1.82, 2.24) is 15.2 Å². The topological polar surface area (TPSA) is 54.5 Å². The van der Waals surface area contributed by atoms with Crippen LogP contribution in [-0.2, 0) is 10.2 Å². The van der Waals surface area contributed by atoms with Gasteiger partial charge < -0.3 is 15.0 Å². The Kier molecular flexibility index (Phi) is 6.38. The molecular weight excluding hydrogens is 374 g/mol. The largest absolute Gasteiger partial charge is 0.489 e. The van der Waals surface area contributed by atoms with Crippen LogP contribution in [0.4, 0.5) is 0 Å². The molecule has 160 valence electrons. The Morgan fingerprint density at radius 2 is 1.77 bits per heavy atom. The van der Waals surface area contributed by atoms with Crippen LogP contribution in [0.25, 0.3) is 0 Å². The van der Waals surface area contributed by atoms with Gasteiger partial charge in [-0.2, -0.15) is 0 Å². The fraction of sp³-hybridized carbons (Fsp3) is 0.520. The Balaban J connectivity index is 1.38. The zero-order valence-corrected chi connectivity index (χ0v) is 18.1. The van der Waals surface area contributed by atoms with Gasteiger partial charge in [-0.1, -0.05) is 30.3 Å². The molecule has 1 N–H and O–H groups in total. The van der Waals surface area contributed by atoms with Crippen molar-refractivity contribution >= 4 is 5.91 Å². The van der Waals surface area contributed by atoms with E-state index in [0.717, 1.165) is 68.6 Å². The second-order valence-corrected chi connectivity index (χ2v) is 8.90. The summed E-state index contributed by atoms with van der Waals surface area (Å²) in [5.41, 5.74) is 1.67. The fourth-order valence-electron chi connectivity index (χ4n) is 4.83. The normalized spacial score (nSPS) is 24.2. The first-order valence-electron chi connectivity index (χ1n) is 11.2. The molecule has 0 radical (unpaired) electrons. The van der Waals surface area contributed by atoms with Crippen LogP contribution in [0, 0.1) is 6.92 Å². The van der Waals surface area contributed by atoms with Gasteiger partial charge in [-0.25, -0.2) is 0 Å². The van der Waals surface area contributed by atoms with Gasteiger partial charge in [0.25, 0.3) is 0 Å². The van der Waals surface area contributed by atoms with E-state index in [4.69, 9.17) is 4.74 Å². The number of carbonyl (C=O) groups excluding carboxylic acids is 1. The molecule has 2 aromatic rings. The van der Waals surface area contributed by atoms with Crippen molar-refractivity contribution in [2.75, 3.05) is 20.1 Å². The highest BCUT2D eigenvalue weighted by molar-refractivity contribution is 5.88. The number of amides is 1. The molecule has 0 bridgehead atoms. The fourth-order valence-corrected chi connectivity index (χ4v) is 4.83. The van der Waals surface area contributed by atoms with Gasteiger partial charge in [0.2, 0.25) is 5.91 Å². The van der Waals surface area contributed by atoms with Crippen LogP contribution in [0.1, 0.15) is 49.8 Å². The molecule has 2 aliphatic rings. The summed E-state index contributed by atoms with van der Waals surface area (Å²) in [6.45, 7) is 3.88. The van der Waals surface area contributed by atoms with E-state index in [-0.39, 0.29) is 18.1 Å². The molecule has 1 aromatic carbocycles. The zero-order chi connectivity index (χ0) is 21.0. The predicted molar refractivity (Wildman–Crippen MR) is 119 cm³/mol. The number of benzene rings is 1. The van der Waals surface area contributed by atoms with E-state index in [1.165, 1.54) is 0 Å². The van der Waals surface area contributed by atoms with Gasteiger partial charge in [0.1, 0.15) is 5.75 Å². The lowest BCUT2D eigenvalue weighted by Gasteiger charge is -2.41. The minimum absolute atomic E-state index is 0.201. The molecular formula is C25H33N3O2. The number of likely N-dealkylation sites (tertiary alicyclic amines) is 1. The Hall–Kier alpha value is -2.40. The Bertz CT molecular complexity index is 838. The number of nitrogens with one attached hydrogen (secondary N) is 1. The lowest BCUT2D eigenvalue weighted by molar-refractivity contribution is -0.129. The van der Waals surface area contributed by atoms with E-state index >= 15 is 0 Å². The van der Waals surface area contributed by atoms with Crippen LogP contribution in [0.5, 0.6) is 5.75 Å². The van der Waals surface area contributed by atoms with Crippen molar-refractivity contribution in [3.63, 3.8) is 0 Å². The SMILES string of the molecule is Cc1ncccc1OC1CCC(NC(=O)C2(c3ccccc3)CCN(C)CC2)CC1. The van der Waals surface area contributed by atoms with Gasteiger partial charge in [-0.05, 0) is 83.3 Å². The van der Waals surface area contributed by atoms with Gasteiger partial charge in [0.15, 0.2) is 0 Å². The lowest BCUT2D eigenvalue weighted by atomic mass is 9.71. The number of aryl methyl sites for hydroxylation is 1. The molecule has 2 fully saturated rings. The molecule has 1 saturated heterocycles. The van der Waals surface area contributed by atoms with Crippen LogP contribution >= 0.6 is 0 Å². The van der Waals surface area contributed by atoms with Crippen LogP contribution < -0.4 is 10.1 Å². The van der Waals surface area contributed by atoms with Gasteiger partial charge in [-0.15, -0.1) is 0 Å². The van der Waals surface area contributed by atoms with Crippen LogP contribution in [-0.4, -0.2) is 48.1 Å². The van der Waals surface area contributed by atoms with Crippen molar-refractivity contribution < 1.29 is 9.53 Å². The smallest absolute Gasteiger partial charge is 0.230 e. The number of hydrogen-bond donors (Lipinski definition) is 1. The number of piperidine rings is 1. The quantitative estimate of drug-likeness (QED) is 0.818. The van der Waals surface area contributed by atoms with Gasteiger partial charge in [0, 0.05) is 12.2 Å². The number of aromatic nitrogens is 1. The number of pyridine rings is 1. The average Bonchev–Trinajstić information content (AvgIpc) is 2.78. The molecule has 30 heavy (non-hydrogen) atoms. The molecule has 5 heteroatoms. The summed E-state index contributed by atoms with van der Waals surface area (Å²) in [5, 5.41) is 3.41. The molecule has 0 atom stereocenters. The molecule has 1 aliphatic heterocycles. The molecule has 1 aromatic heterocycles. The van der Waals surface area contributed by atoms with E-state index in [2.05, 4.69) is 34.4 Å². The molecule has 1 saturated carbocycles. The van der Waals surface area contributed by atoms with Crippen molar-refractivity contribution in [2.24, 2.45) is 0 Å². The summed E-state index contributed by atoms with van der Waals surface area (Å²) in [4.78, 5) is 20.2. The first-order chi connectivity index (χ1) is 14.6. The van der Waals surface area contributed by atoms with Gasteiger partial charge in [0.05, 0.1) is 17.2 Å². The number of ether oxygens (including phenoxy) is 1. The first kappa shape index (κ1) is 20.9. The van der Waals surface area contributed by atoms with E-state index in [0.29, 0.717) is 0 Å². The lowest BCUT2D eigenvalue weighted by Crippen LogP contribution is -2.53.